The highest BCUT2D eigenvalue weighted by atomic mass is 32.1. The van der Waals surface area contributed by atoms with Crippen LogP contribution in [0.5, 0.6) is 0 Å². The third-order valence-electron chi connectivity index (χ3n) is 2.98. The van der Waals surface area contributed by atoms with Crippen molar-refractivity contribution in [2.75, 3.05) is 26.7 Å². The molecule has 3 nitrogen and oxygen atoms in total. The summed E-state index contributed by atoms with van der Waals surface area (Å²) in [5.74, 6) is 0.185. The molecule has 0 saturated carbocycles. The fraction of sp³-hybridized carbons (Fsp3) is 0.545. The molecule has 0 aliphatic carbocycles. The number of thiophene rings is 1. The average Bonchev–Trinajstić information content (AvgIpc) is 2.74. The van der Waals surface area contributed by atoms with Crippen molar-refractivity contribution in [2.45, 2.75) is 13.0 Å². The molecule has 0 aromatic carbocycles. The Morgan fingerprint density at radius 2 is 2.33 bits per heavy atom. The number of hydrogen-bond acceptors (Lipinski definition) is 3. The van der Waals surface area contributed by atoms with Crippen LogP contribution < -0.4 is 0 Å². The van der Waals surface area contributed by atoms with E-state index in [1.54, 1.807) is 0 Å². The lowest BCUT2D eigenvalue weighted by Gasteiger charge is -2.37. The molecule has 1 aliphatic rings. The summed E-state index contributed by atoms with van der Waals surface area (Å²) in [6.07, 6.45) is 0. The Bertz CT molecular complexity index is 336. The summed E-state index contributed by atoms with van der Waals surface area (Å²) in [5, 5.41) is 1.95. The second-order valence-corrected chi connectivity index (χ2v) is 5.01. The molecule has 4 heteroatoms. The molecule has 1 aromatic heterocycles. The van der Waals surface area contributed by atoms with Crippen molar-refractivity contribution in [3.63, 3.8) is 0 Å². The first-order valence-corrected chi connectivity index (χ1v) is 6.09. The molecule has 0 spiro atoms. The van der Waals surface area contributed by atoms with Crippen molar-refractivity contribution in [3.8, 4) is 0 Å². The first kappa shape index (κ1) is 10.6. The van der Waals surface area contributed by atoms with Gasteiger partial charge >= 0.3 is 0 Å². The van der Waals surface area contributed by atoms with Gasteiger partial charge < -0.3 is 9.80 Å². The number of carbonyl (C=O) groups is 1. The predicted molar refractivity (Wildman–Crippen MR) is 62.3 cm³/mol. The predicted octanol–water partition coefficient (Wildman–Crippen LogP) is 1.52. The van der Waals surface area contributed by atoms with Crippen LogP contribution in [-0.4, -0.2) is 48.4 Å². The van der Waals surface area contributed by atoms with E-state index >= 15 is 0 Å². The summed E-state index contributed by atoms with van der Waals surface area (Å²) < 4.78 is 0. The van der Waals surface area contributed by atoms with E-state index in [4.69, 9.17) is 0 Å². The van der Waals surface area contributed by atoms with E-state index < -0.39 is 0 Å². The molecular formula is C11H16N2OS. The minimum absolute atomic E-state index is 0.185. The number of rotatable bonds is 1. The molecule has 1 fully saturated rings. The Balaban J connectivity index is 2.03. The SMILES string of the molecule is CC1CN(C(=O)c2cccs2)CCN1C. The van der Waals surface area contributed by atoms with E-state index in [-0.39, 0.29) is 5.91 Å². The monoisotopic (exact) mass is 224 g/mol. The van der Waals surface area contributed by atoms with E-state index in [9.17, 15) is 4.79 Å². The Kier molecular flexibility index (Phi) is 3.07. The van der Waals surface area contributed by atoms with Gasteiger partial charge in [-0.3, -0.25) is 4.79 Å². The van der Waals surface area contributed by atoms with Gasteiger partial charge in [-0.1, -0.05) is 6.07 Å². The van der Waals surface area contributed by atoms with Crippen molar-refractivity contribution < 1.29 is 4.79 Å². The molecule has 1 atom stereocenters. The molecule has 1 saturated heterocycles. The molecule has 2 heterocycles. The van der Waals surface area contributed by atoms with Crippen molar-refractivity contribution >= 4 is 17.2 Å². The van der Waals surface area contributed by atoms with E-state index in [0.717, 1.165) is 24.5 Å². The normalized spacial score (nSPS) is 23.1. The van der Waals surface area contributed by atoms with Crippen LogP contribution in [0, 0.1) is 0 Å². The Labute approximate surface area is 94.3 Å². The Morgan fingerprint density at radius 1 is 1.53 bits per heavy atom. The van der Waals surface area contributed by atoms with Gasteiger partial charge in [0.15, 0.2) is 0 Å². The summed E-state index contributed by atoms with van der Waals surface area (Å²) in [6, 6.07) is 4.29. The number of hydrogen-bond donors (Lipinski definition) is 0. The molecule has 0 bridgehead atoms. The molecule has 1 aromatic rings. The van der Waals surface area contributed by atoms with Gasteiger partial charge in [-0.05, 0) is 25.4 Å². The summed E-state index contributed by atoms with van der Waals surface area (Å²) in [6.45, 7) is 4.82. The first-order valence-electron chi connectivity index (χ1n) is 5.21. The van der Waals surface area contributed by atoms with E-state index in [2.05, 4.69) is 18.9 Å². The minimum Gasteiger partial charge on any atom is -0.335 e. The van der Waals surface area contributed by atoms with Crippen LogP contribution in [0.1, 0.15) is 16.6 Å². The summed E-state index contributed by atoms with van der Waals surface area (Å²) >= 11 is 1.52. The lowest BCUT2D eigenvalue weighted by molar-refractivity contribution is 0.0577. The number of likely N-dealkylation sites (N-methyl/N-ethyl adjacent to an activating group) is 1. The minimum atomic E-state index is 0.185. The van der Waals surface area contributed by atoms with Gasteiger partial charge in [0.2, 0.25) is 0 Å². The van der Waals surface area contributed by atoms with Crippen LogP contribution in [0.25, 0.3) is 0 Å². The van der Waals surface area contributed by atoms with Crippen molar-refractivity contribution in [2.24, 2.45) is 0 Å². The number of carbonyl (C=O) groups excluding carboxylic acids is 1. The second kappa shape index (κ2) is 4.33. The zero-order valence-corrected chi connectivity index (χ0v) is 9.96. The van der Waals surface area contributed by atoms with E-state index in [0.29, 0.717) is 6.04 Å². The molecule has 0 N–H and O–H groups in total. The van der Waals surface area contributed by atoms with Gasteiger partial charge in [0.25, 0.3) is 5.91 Å². The zero-order chi connectivity index (χ0) is 10.8. The third kappa shape index (κ3) is 2.21. The Morgan fingerprint density at radius 3 is 2.93 bits per heavy atom. The van der Waals surface area contributed by atoms with Crippen molar-refractivity contribution in [1.82, 2.24) is 9.80 Å². The van der Waals surface area contributed by atoms with Crippen LogP contribution in [0.15, 0.2) is 17.5 Å². The molecule has 1 unspecified atom stereocenters. The van der Waals surface area contributed by atoms with Gasteiger partial charge in [-0.25, -0.2) is 0 Å². The highest BCUT2D eigenvalue weighted by molar-refractivity contribution is 7.12. The van der Waals surface area contributed by atoms with Crippen LogP contribution in [0.3, 0.4) is 0 Å². The smallest absolute Gasteiger partial charge is 0.264 e. The average molecular weight is 224 g/mol. The van der Waals surface area contributed by atoms with Gasteiger partial charge in [0.05, 0.1) is 4.88 Å². The molecular weight excluding hydrogens is 208 g/mol. The van der Waals surface area contributed by atoms with Crippen LogP contribution in [0.4, 0.5) is 0 Å². The number of nitrogens with zero attached hydrogens (tertiary/aromatic N) is 2. The molecule has 2 rings (SSSR count). The largest absolute Gasteiger partial charge is 0.335 e. The third-order valence-corrected chi connectivity index (χ3v) is 3.84. The lowest BCUT2D eigenvalue weighted by atomic mass is 10.2. The summed E-state index contributed by atoms with van der Waals surface area (Å²) in [7, 11) is 2.11. The maximum atomic E-state index is 12.0. The second-order valence-electron chi connectivity index (χ2n) is 4.06. The van der Waals surface area contributed by atoms with E-state index in [1.165, 1.54) is 11.3 Å². The number of amides is 1. The van der Waals surface area contributed by atoms with Crippen molar-refractivity contribution in [1.29, 1.82) is 0 Å². The highest BCUT2D eigenvalue weighted by Crippen LogP contribution is 2.15. The standard InChI is InChI=1S/C11H16N2OS/c1-9-8-13(6-5-12(9)2)11(14)10-4-3-7-15-10/h3-4,7,9H,5-6,8H2,1-2H3. The van der Waals surface area contributed by atoms with Gasteiger partial charge in [0, 0.05) is 25.7 Å². The van der Waals surface area contributed by atoms with Crippen molar-refractivity contribution in [3.05, 3.63) is 22.4 Å². The Hall–Kier alpha value is -0.870. The van der Waals surface area contributed by atoms with Crippen LogP contribution >= 0.6 is 11.3 Å². The quantitative estimate of drug-likeness (QED) is 0.722. The van der Waals surface area contributed by atoms with Crippen LogP contribution in [0.2, 0.25) is 0 Å². The summed E-state index contributed by atoms with van der Waals surface area (Å²) in [5.41, 5.74) is 0. The van der Waals surface area contributed by atoms with Crippen LogP contribution in [-0.2, 0) is 0 Å². The fourth-order valence-electron chi connectivity index (χ4n) is 1.79. The topological polar surface area (TPSA) is 23.6 Å². The number of piperazine rings is 1. The summed E-state index contributed by atoms with van der Waals surface area (Å²) in [4.78, 5) is 17.1. The molecule has 15 heavy (non-hydrogen) atoms. The van der Waals surface area contributed by atoms with Gasteiger partial charge in [0.1, 0.15) is 0 Å². The maximum absolute atomic E-state index is 12.0. The van der Waals surface area contributed by atoms with E-state index in [1.807, 2.05) is 22.4 Å². The molecule has 1 aliphatic heterocycles. The van der Waals surface area contributed by atoms with Gasteiger partial charge in [-0.15, -0.1) is 11.3 Å². The maximum Gasteiger partial charge on any atom is 0.264 e. The zero-order valence-electron chi connectivity index (χ0n) is 9.14. The fourth-order valence-corrected chi connectivity index (χ4v) is 2.48. The molecule has 82 valence electrons. The van der Waals surface area contributed by atoms with Gasteiger partial charge in [-0.2, -0.15) is 0 Å². The lowest BCUT2D eigenvalue weighted by Crippen LogP contribution is -2.51. The molecule has 0 radical (unpaired) electrons. The molecule has 1 amide bonds. The highest BCUT2D eigenvalue weighted by Gasteiger charge is 2.25. The first-order chi connectivity index (χ1) is 7.18.